The first-order chi connectivity index (χ1) is 6.76. The lowest BCUT2D eigenvalue weighted by Gasteiger charge is -2.11. The minimum Gasteiger partial charge on any atom is -0.493 e. The minimum atomic E-state index is 0.639. The summed E-state index contributed by atoms with van der Waals surface area (Å²) in [5.74, 6) is 1.64. The Morgan fingerprint density at radius 1 is 1.29 bits per heavy atom. The summed E-state index contributed by atoms with van der Waals surface area (Å²) in [4.78, 5) is 0. The molecule has 1 unspecified atom stereocenters. The molecule has 0 heterocycles. The molecule has 1 heteroatoms. The first kappa shape index (κ1) is 11.1. The van der Waals surface area contributed by atoms with Crippen LogP contribution in [0.15, 0.2) is 24.3 Å². The Bertz CT molecular complexity index is 268. The van der Waals surface area contributed by atoms with E-state index in [-0.39, 0.29) is 0 Å². The van der Waals surface area contributed by atoms with Gasteiger partial charge in [-0.3, -0.25) is 0 Å². The Hall–Kier alpha value is -0.980. The molecule has 0 bridgehead atoms. The van der Waals surface area contributed by atoms with Gasteiger partial charge in [0, 0.05) is 0 Å². The van der Waals surface area contributed by atoms with Crippen molar-refractivity contribution in [2.24, 2.45) is 5.92 Å². The maximum absolute atomic E-state index is 5.70. The molecule has 0 aromatic heterocycles. The highest BCUT2D eigenvalue weighted by molar-refractivity contribution is 5.28. The Labute approximate surface area is 87.1 Å². The van der Waals surface area contributed by atoms with Crippen LogP contribution in [-0.4, -0.2) is 6.61 Å². The lowest BCUT2D eigenvalue weighted by Crippen LogP contribution is -2.07. The zero-order valence-corrected chi connectivity index (χ0v) is 9.42. The fourth-order valence-electron chi connectivity index (χ4n) is 1.21. The van der Waals surface area contributed by atoms with Crippen molar-refractivity contribution >= 4 is 0 Å². The van der Waals surface area contributed by atoms with Crippen molar-refractivity contribution < 1.29 is 4.74 Å². The smallest absolute Gasteiger partial charge is 0.119 e. The predicted molar refractivity (Wildman–Crippen MR) is 60.8 cm³/mol. The normalized spacial score (nSPS) is 12.5. The first-order valence-electron chi connectivity index (χ1n) is 5.48. The highest BCUT2D eigenvalue weighted by atomic mass is 16.5. The van der Waals surface area contributed by atoms with Gasteiger partial charge in [-0.05, 0) is 30.0 Å². The summed E-state index contributed by atoms with van der Waals surface area (Å²) < 4.78 is 5.70. The molecule has 0 radical (unpaired) electrons. The van der Waals surface area contributed by atoms with E-state index in [4.69, 9.17) is 4.74 Å². The Morgan fingerprint density at radius 2 is 2.07 bits per heavy atom. The number of rotatable bonds is 5. The fraction of sp³-hybridized carbons (Fsp3) is 0.538. The van der Waals surface area contributed by atoms with Crippen LogP contribution in [0.5, 0.6) is 5.75 Å². The number of benzene rings is 1. The summed E-state index contributed by atoms with van der Waals surface area (Å²) in [6, 6.07) is 8.35. The highest BCUT2D eigenvalue weighted by Crippen LogP contribution is 2.15. The van der Waals surface area contributed by atoms with Crippen LogP contribution in [0.4, 0.5) is 0 Å². The minimum absolute atomic E-state index is 0.639. The number of aryl methyl sites for hydroxylation is 1. The van der Waals surface area contributed by atoms with Crippen LogP contribution < -0.4 is 4.74 Å². The van der Waals surface area contributed by atoms with E-state index in [9.17, 15) is 0 Å². The summed E-state index contributed by atoms with van der Waals surface area (Å²) in [5.41, 5.74) is 1.34. The lowest BCUT2D eigenvalue weighted by molar-refractivity contribution is 0.256. The number of hydrogen-bond acceptors (Lipinski definition) is 1. The molecule has 0 aliphatic carbocycles. The Kier molecular flexibility index (Phi) is 4.51. The molecule has 0 aliphatic rings. The van der Waals surface area contributed by atoms with Crippen LogP contribution in [0.3, 0.4) is 0 Å². The molecule has 78 valence electrons. The van der Waals surface area contributed by atoms with Crippen molar-refractivity contribution in [1.82, 2.24) is 0 Å². The summed E-state index contributed by atoms with van der Waals surface area (Å²) >= 11 is 0. The predicted octanol–water partition coefficient (Wildman–Crippen LogP) is 3.67. The van der Waals surface area contributed by atoms with E-state index in [1.807, 2.05) is 6.07 Å². The van der Waals surface area contributed by atoms with E-state index in [0.717, 1.165) is 18.8 Å². The maximum atomic E-state index is 5.70. The van der Waals surface area contributed by atoms with Crippen molar-refractivity contribution in [2.45, 2.75) is 33.6 Å². The van der Waals surface area contributed by atoms with E-state index in [0.29, 0.717) is 5.92 Å². The van der Waals surface area contributed by atoms with E-state index in [2.05, 4.69) is 39.0 Å². The third-order valence-corrected chi connectivity index (χ3v) is 2.54. The molecule has 1 aromatic rings. The maximum Gasteiger partial charge on any atom is 0.119 e. The number of hydrogen-bond donors (Lipinski definition) is 0. The van der Waals surface area contributed by atoms with E-state index < -0.39 is 0 Å². The van der Waals surface area contributed by atoms with Gasteiger partial charge in [-0.25, -0.2) is 0 Å². The molecule has 0 spiro atoms. The van der Waals surface area contributed by atoms with Gasteiger partial charge in [0.25, 0.3) is 0 Å². The molecule has 0 aliphatic heterocycles. The van der Waals surface area contributed by atoms with Gasteiger partial charge in [0.2, 0.25) is 0 Å². The molecule has 0 saturated carbocycles. The molecule has 0 amide bonds. The third kappa shape index (κ3) is 3.41. The van der Waals surface area contributed by atoms with Crippen LogP contribution in [0.2, 0.25) is 0 Å². The summed E-state index contributed by atoms with van der Waals surface area (Å²) in [6.07, 6.45) is 2.24. The summed E-state index contributed by atoms with van der Waals surface area (Å²) in [5, 5.41) is 0. The van der Waals surface area contributed by atoms with Gasteiger partial charge in [0.05, 0.1) is 6.61 Å². The highest BCUT2D eigenvalue weighted by Gasteiger charge is 2.00. The molecule has 1 atom stereocenters. The van der Waals surface area contributed by atoms with Gasteiger partial charge in [0.15, 0.2) is 0 Å². The van der Waals surface area contributed by atoms with E-state index in [1.54, 1.807) is 0 Å². The van der Waals surface area contributed by atoms with Gasteiger partial charge in [-0.15, -0.1) is 0 Å². The largest absolute Gasteiger partial charge is 0.493 e. The number of ether oxygens (including phenoxy) is 1. The van der Waals surface area contributed by atoms with Crippen LogP contribution in [-0.2, 0) is 6.42 Å². The third-order valence-electron chi connectivity index (χ3n) is 2.54. The zero-order valence-electron chi connectivity index (χ0n) is 9.42. The second-order valence-electron chi connectivity index (χ2n) is 3.83. The first-order valence-corrected chi connectivity index (χ1v) is 5.48. The molecule has 14 heavy (non-hydrogen) atoms. The van der Waals surface area contributed by atoms with E-state index in [1.165, 1.54) is 12.0 Å². The van der Waals surface area contributed by atoms with Gasteiger partial charge < -0.3 is 4.74 Å². The van der Waals surface area contributed by atoms with Crippen LogP contribution in [0, 0.1) is 5.92 Å². The SMILES string of the molecule is CCc1cccc(OCC(C)CC)c1. The second-order valence-corrected chi connectivity index (χ2v) is 3.83. The van der Waals surface area contributed by atoms with Crippen LogP contribution >= 0.6 is 0 Å². The van der Waals surface area contributed by atoms with Crippen molar-refractivity contribution in [3.63, 3.8) is 0 Å². The Balaban J connectivity index is 2.50. The molecule has 1 rings (SSSR count). The van der Waals surface area contributed by atoms with E-state index >= 15 is 0 Å². The molecule has 0 N–H and O–H groups in total. The standard InChI is InChI=1S/C13H20O/c1-4-11(3)10-14-13-8-6-7-12(5-2)9-13/h6-9,11H,4-5,10H2,1-3H3. The molecular formula is C13H20O. The second kappa shape index (κ2) is 5.69. The molecule has 1 nitrogen and oxygen atoms in total. The lowest BCUT2D eigenvalue weighted by atomic mass is 10.1. The van der Waals surface area contributed by atoms with Gasteiger partial charge in [0.1, 0.15) is 5.75 Å². The van der Waals surface area contributed by atoms with Gasteiger partial charge in [-0.1, -0.05) is 39.3 Å². The van der Waals surface area contributed by atoms with Crippen LogP contribution in [0.25, 0.3) is 0 Å². The Morgan fingerprint density at radius 3 is 2.71 bits per heavy atom. The van der Waals surface area contributed by atoms with Crippen molar-refractivity contribution in [2.75, 3.05) is 6.61 Å². The van der Waals surface area contributed by atoms with Crippen molar-refractivity contribution in [1.29, 1.82) is 0 Å². The summed E-state index contributed by atoms with van der Waals surface area (Å²) in [6.45, 7) is 7.39. The fourth-order valence-corrected chi connectivity index (χ4v) is 1.21. The molecule has 0 fully saturated rings. The van der Waals surface area contributed by atoms with Gasteiger partial charge >= 0.3 is 0 Å². The molecular weight excluding hydrogens is 172 g/mol. The quantitative estimate of drug-likeness (QED) is 0.691. The molecule has 0 saturated heterocycles. The van der Waals surface area contributed by atoms with Crippen molar-refractivity contribution in [3.8, 4) is 5.75 Å². The average Bonchev–Trinajstić information content (AvgIpc) is 2.26. The monoisotopic (exact) mass is 192 g/mol. The van der Waals surface area contributed by atoms with Crippen molar-refractivity contribution in [3.05, 3.63) is 29.8 Å². The average molecular weight is 192 g/mol. The molecule has 1 aromatic carbocycles. The summed E-state index contributed by atoms with van der Waals surface area (Å²) in [7, 11) is 0. The topological polar surface area (TPSA) is 9.23 Å². The zero-order chi connectivity index (χ0) is 10.4. The van der Waals surface area contributed by atoms with Gasteiger partial charge in [-0.2, -0.15) is 0 Å². The van der Waals surface area contributed by atoms with Crippen LogP contribution in [0.1, 0.15) is 32.8 Å².